The summed E-state index contributed by atoms with van der Waals surface area (Å²) in [6.45, 7) is 0.0320. The van der Waals surface area contributed by atoms with Crippen molar-refractivity contribution in [2.75, 3.05) is 6.67 Å². The summed E-state index contributed by atoms with van der Waals surface area (Å²) in [6.07, 6.45) is 1.23. The molecule has 2 atom stereocenters. The lowest BCUT2D eigenvalue weighted by molar-refractivity contribution is -0.146. The molecule has 9 nitrogen and oxygen atoms in total. The maximum atomic E-state index is 13.1. The molecule has 0 saturated carbocycles. The second kappa shape index (κ2) is 10.2. The van der Waals surface area contributed by atoms with E-state index in [-0.39, 0.29) is 11.8 Å². The molecule has 0 aliphatic rings. The highest BCUT2D eigenvalue weighted by Crippen LogP contribution is 2.29. The van der Waals surface area contributed by atoms with Gasteiger partial charge in [-0.2, -0.15) is 0 Å². The average molecular weight is 476 g/mol. The Hall–Kier alpha value is -3.79. The number of carboxylic acids is 1. The zero-order chi connectivity index (χ0) is 24.1. The van der Waals surface area contributed by atoms with Crippen LogP contribution in [0, 0.1) is 0 Å². The van der Waals surface area contributed by atoms with Gasteiger partial charge in [-0.1, -0.05) is 30.7 Å². The van der Waals surface area contributed by atoms with Crippen LogP contribution in [0.15, 0.2) is 53.6 Å². The van der Waals surface area contributed by atoms with Gasteiger partial charge in [0.15, 0.2) is 18.5 Å². The number of nitrogens with one attached hydrogen (secondary N) is 1. The minimum absolute atomic E-state index is 0.0743. The van der Waals surface area contributed by atoms with Crippen molar-refractivity contribution in [2.24, 2.45) is 0 Å². The summed E-state index contributed by atoms with van der Waals surface area (Å²) in [4.78, 5) is 52.7. The van der Waals surface area contributed by atoms with Crippen molar-refractivity contribution >= 4 is 40.2 Å². The molecular formula is C22H19ClFN3O6. The summed E-state index contributed by atoms with van der Waals surface area (Å²) in [5.41, 5.74) is -0.246. The van der Waals surface area contributed by atoms with E-state index in [1.165, 1.54) is 6.07 Å². The molecule has 0 aliphatic carbocycles. The third-order valence-corrected chi connectivity index (χ3v) is 5.14. The molecule has 3 rings (SSSR count). The molecule has 33 heavy (non-hydrogen) atoms. The standard InChI is InChI=1S/C22H19ClFN3O6/c1-2-16(20(29)26-19(22(31)32)17(28)10-24)27-11-25-15-8-7-12(9-13(15)21(27)30)33-18-6-4-3-5-14(18)23/h3-9,11,16,19H,2,10H2,1H3,(H,26,29)(H,31,32)/t16-,19?/m0/s1. The Labute approximate surface area is 191 Å². The summed E-state index contributed by atoms with van der Waals surface area (Å²) in [5, 5.41) is 11.6. The van der Waals surface area contributed by atoms with Crippen LogP contribution >= 0.6 is 11.6 Å². The van der Waals surface area contributed by atoms with Crippen LogP contribution in [0.1, 0.15) is 19.4 Å². The molecule has 172 valence electrons. The SMILES string of the molecule is CC[C@@H](C(=O)NC(C(=O)O)C(=O)CF)n1cnc2ccc(Oc3ccccc3Cl)cc2c1=O. The number of benzene rings is 2. The quantitative estimate of drug-likeness (QED) is 0.455. The number of Topliss-reactive ketones (excluding diaryl/α,β-unsaturated/α-hetero) is 1. The number of aromatic nitrogens is 2. The maximum Gasteiger partial charge on any atom is 0.334 e. The van der Waals surface area contributed by atoms with Crippen LogP contribution in [0.3, 0.4) is 0 Å². The first kappa shape index (κ1) is 23.9. The van der Waals surface area contributed by atoms with Gasteiger partial charge < -0.3 is 15.2 Å². The van der Waals surface area contributed by atoms with Gasteiger partial charge in [0.05, 0.1) is 22.3 Å². The molecule has 3 aromatic rings. The Morgan fingerprint density at radius 1 is 1.24 bits per heavy atom. The topological polar surface area (TPSA) is 128 Å². The first-order chi connectivity index (χ1) is 15.8. The number of halogens is 2. The number of fused-ring (bicyclic) bond motifs is 1. The first-order valence-electron chi connectivity index (χ1n) is 9.82. The number of amides is 1. The van der Waals surface area contributed by atoms with E-state index in [1.54, 1.807) is 43.3 Å². The van der Waals surface area contributed by atoms with Gasteiger partial charge in [0.1, 0.15) is 17.5 Å². The molecule has 0 bridgehead atoms. The first-order valence-corrected chi connectivity index (χ1v) is 10.2. The van der Waals surface area contributed by atoms with E-state index in [0.717, 1.165) is 10.9 Å². The number of carboxylic acid groups (broad SMARTS) is 1. The van der Waals surface area contributed by atoms with Gasteiger partial charge in [-0.05, 0) is 36.8 Å². The number of para-hydroxylation sites is 1. The summed E-state index contributed by atoms with van der Waals surface area (Å²) in [7, 11) is 0. The van der Waals surface area contributed by atoms with Crippen LogP contribution in [0.4, 0.5) is 4.39 Å². The summed E-state index contributed by atoms with van der Waals surface area (Å²) in [6, 6.07) is 8.15. The van der Waals surface area contributed by atoms with E-state index < -0.39 is 42.0 Å². The van der Waals surface area contributed by atoms with Gasteiger partial charge >= 0.3 is 5.97 Å². The molecule has 1 unspecified atom stereocenters. The second-order valence-electron chi connectivity index (χ2n) is 6.97. The van der Waals surface area contributed by atoms with E-state index in [9.17, 15) is 23.6 Å². The number of ether oxygens (including phenoxy) is 1. The van der Waals surface area contributed by atoms with E-state index in [2.05, 4.69) is 4.98 Å². The zero-order valence-electron chi connectivity index (χ0n) is 17.3. The predicted octanol–water partition coefficient (Wildman–Crippen LogP) is 2.90. The smallest absolute Gasteiger partial charge is 0.334 e. The Kier molecular flexibility index (Phi) is 7.39. The lowest BCUT2D eigenvalue weighted by Crippen LogP contribution is -2.50. The Morgan fingerprint density at radius 3 is 2.61 bits per heavy atom. The molecular weight excluding hydrogens is 457 g/mol. The van der Waals surface area contributed by atoms with E-state index in [0.29, 0.717) is 22.0 Å². The number of aliphatic carboxylic acids is 1. The third kappa shape index (κ3) is 5.17. The molecule has 1 heterocycles. The highest BCUT2D eigenvalue weighted by molar-refractivity contribution is 6.32. The normalized spacial score (nSPS) is 12.7. The maximum absolute atomic E-state index is 13.1. The molecule has 2 N–H and O–H groups in total. The van der Waals surface area contributed by atoms with Crippen LogP contribution in [-0.4, -0.2) is 45.0 Å². The van der Waals surface area contributed by atoms with Gasteiger partial charge in [-0.15, -0.1) is 0 Å². The van der Waals surface area contributed by atoms with Crippen molar-refractivity contribution < 1.29 is 28.6 Å². The molecule has 2 aromatic carbocycles. The van der Waals surface area contributed by atoms with E-state index >= 15 is 0 Å². The van der Waals surface area contributed by atoms with Crippen molar-refractivity contribution in [3.05, 3.63) is 64.2 Å². The highest BCUT2D eigenvalue weighted by Gasteiger charge is 2.31. The van der Waals surface area contributed by atoms with Crippen molar-refractivity contribution in [3.63, 3.8) is 0 Å². The third-order valence-electron chi connectivity index (χ3n) is 4.83. The largest absolute Gasteiger partial charge is 0.479 e. The van der Waals surface area contributed by atoms with Crippen molar-refractivity contribution in [1.29, 1.82) is 0 Å². The lowest BCUT2D eigenvalue weighted by Gasteiger charge is -2.20. The monoisotopic (exact) mass is 475 g/mol. The number of alkyl halides is 1. The number of nitrogens with zero attached hydrogens (tertiary/aromatic N) is 2. The molecule has 0 saturated heterocycles. The zero-order valence-corrected chi connectivity index (χ0v) is 18.1. The number of ketones is 1. The highest BCUT2D eigenvalue weighted by atomic mass is 35.5. The Morgan fingerprint density at radius 2 is 1.97 bits per heavy atom. The molecule has 0 spiro atoms. The predicted molar refractivity (Wildman–Crippen MR) is 117 cm³/mol. The van der Waals surface area contributed by atoms with Crippen molar-refractivity contribution in [3.8, 4) is 11.5 Å². The van der Waals surface area contributed by atoms with Crippen LogP contribution < -0.4 is 15.6 Å². The molecule has 0 fully saturated rings. The number of hydrogen-bond acceptors (Lipinski definition) is 6. The second-order valence-corrected chi connectivity index (χ2v) is 7.38. The molecule has 0 radical (unpaired) electrons. The lowest BCUT2D eigenvalue weighted by atomic mass is 10.1. The summed E-state index contributed by atoms with van der Waals surface area (Å²) >= 11 is 6.10. The van der Waals surface area contributed by atoms with Gasteiger partial charge in [0.2, 0.25) is 5.91 Å². The van der Waals surface area contributed by atoms with Crippen molar-refractivity contribution in [1.82, 2.24) is 14.9 Å². The van der Waals surface area contributed by atoms with Gasteiger partial charge in [0, 0.05) is 0 Å². The van der Waals surface area contributed by atoms with Gasteiger partial charge in [-0.3, -0.25) is 19.0 Å². The molecule has 11 heteroatoms. The van der Waals surface area contributed by atoms with E-state index in [4.69, 9.17) is 21.4 Å². The fourth-order valence-electron chi connectivity index (χ4n) is 3.16. The Balaban J connectivity index is 1.96. The number of rotatable bonds is 9. The fraction of sp³-hybridized carbons (Fsp3) is 0.227. The van der Waals surface area contributed by atoms with Crippen LogP contribution in [-0.2, 0) is 14.4 Å². The molecule has 1 amide bonds. The molecule has 1 aromatic heterocycles. The minimum atomic E-state index is -2.06. The van der Waals surface area contributed by atoms with Crippen LogP contribution in [0.5, 0.6) is 11.5 Å². The van der Waals surface area contributed by atoms with E-state index in [1.807, 2.05) is 5.32 Å². The van der Waals surface area contributed by atoms with Crippen LogP contribution in [0.25, 0.3) is 10.9 Å². The number of carbonyl (C=O) groups excluding carboxylic acids is 2. The Bertz CT molecular complexity index is 1280. The number of carbonyl (C=O) groups is 3. The summed E-state index contributed by atoms with van der Waals surface area (Å²) in [5.74, 6) is -3.25. The molecule has 0 aliphatic heterocycles. The van der Waals surface area contributed by atoms with Crippen molar-refractivity contribution in [2.45, 2.75) is 25.4 Å². The van der Waals surface area contributed by atoms with Gasteiger partial charge in [-0.25, -0.2) is 14.2 Å². The minimum Gasteiger partial charge on any atom is -0.479 e. The number of hydrogen-bond donors (Lipinski definition) is 2. The fourth-order valence-corrected chi connectivity index (χ4v) is 3.33. The average Bonchev–Trinajstić information content (AvgIpc) is 2.80. The summed E-state index contributed by atoms with van der Waals surface area (Å²) < 4.78 is 19.4. The van der Waals surface area contributed by atoms with Crippen LogP contribution in [0.2, 0.25) is 5.02 Å². The van der Waals surface area contributed by atoms with Gasteiger partial charge in [0.25, 0.3) is 5.56 Å².